The van der Waals surface area contributed by atoms with E-state index in [1.807, 2.05) is 17.9 Å². The molecule has 0 aliphatic rings. The maximum absolute atomic E-state index is 4.29. The average Bonchev–Trinajstić information content (AvgIpc) is 2.74. The summed E-state index contributed by atoms with van der Waals surface area (Å²) in [6.45, 7) is 5.47. The quantitative estimate of drug-likeness (QED) is 0.840. The van der Waals surface area contributed by atoms with Crippen LogP contribution in [0.1, 0.15) is 16.7 Å². The zero-order valence-electron chi connectivity index (χ0n) is 12.6. The third-order valence-electron chi connectivity index (χ3n) is 3.61. The first-order chi connectivity index (χ1) is 8.99. The van der Waals surface area contributed by atoms with Crippen LogP contribution in [0.5, 0.6) is 0 Å². The third-order valence-corrected chi connectivity index (χ3v) is 3.61. The molecule has 1 aromatic heterocycles. The SMILES string of the molecule is Cc1ccc(CCN(C)C)c(C)c1-c1cnn(C)c1. The van der Waals surface area contributed by atoms with E-state index in [2.05, 4.69) is 56.3 Å². The van der Waals surface area contributed by atoms with Gasteiger partial charge in [-0.25, -0.2) is 0 Å². The highest BCUT2D eigenvalue weighted by Crippen LogP contribution is 2.29. The Bertz CT molecular complexity index is 567. The molecule has 0 atom stereocenters. The van der Waals surface area contributed by atoms with E-state index in [1.165, 1.54) is 27.8 Å². The minimum absolute atomic E-state index is 1.08. The second kappa shape index (κ2) is 5.57. The van der Waals surface area contributed by atoms with Crippen molar-refractivity contribution in [1.82, 2.24) is 14.7 Å². The number of hydrogen-bond acceptors (Lipinski definition) is 2. The molecule has 0 fully saturated rings. The van der Waals surface area contributed by atoms with Gasteiger partial charge in [0.05, 0.1) is 6.20 Å². The number of benzene rings is 1. The summed E-state index contributed by atoms with van der Waals surface area (Å²) in [6.07, 6.45) is 5.13. The fourth-order valence-corrected chi connectivity index (χ4v) is 2.50. The molecular weight excluding hydrogens is 234 g/mol. The van der Waals surface area contributed by atoms with Crippen LogP contribution in [0.4, 0.5) is 0 Å². The van der Waals surface area contributed by atoms with E-state index in [0.717, 1.165) is 13.0 Å². The number of aromatic nitrogens is 2. The Morgan fingerprint density at radius 2 is 1.95 bits per heavy atom. The highest BCUT2D eigenvalue weighted by atomic mass is 15.2. The Morgan fingerprint density at radius 3 is 2.53 bits per heavy atom. The molecule has 0 saturated heterocycles. The summed E-state index contributed by atoms with van der Waals surface area (Å²) in [6, 6.07) is 4.48. The van der Waals surface area contributed by atoms with Crippen LogP contribution in [0.15, 0.2) is 24.5 Å². The third kappa shape index (κ3) is 3.04. The zero-order chi connectivity index (χ0) is 14.0. The molecule has 0 aliphatic heterocycles. The molecule has 1 heterocycles. The summed E-state index contributed by atoms with van der Waals surface area (Å²) in [5.41, 5.74) is 6.68. The molecule has 2 aromatic rings. The molecule has 3 nitrogen and oxygen atoms in total. The first-order valence-electron chi connectivity index (χ1n) is 6.72. The Balaban J connectivity index is 2.40. The van der Waals surface area contributed by atoms with Crippen molar-refractivity contribution in [2.24, 2.45) is 7.05 Å². The van der Waals surface area contributed by atoms with Gasteiger partial charge in [0.2, 0.25) is 0 Å². The van der Waals surface area contributed by atoms with Crippen molar-refractivity contribution in [2.75, 3.05) is 20.6 Å². The lowest BCUT2D eigenvalue weighted by Crippen LogP contribution is -2.15. The van der Waals surface area contributed by atoms with Gasteiger partial charge in [0, 0.05) is 25.4 Å². The van der Waals surface area contributed by atoms with Gasteiger partial charge >= 0.3 is 0 Å². The summed E-state index contributed by atoms with van der Waals surface area (Å²) < 4.78 is 1.86. The number of likely N-dealkylation sites (N-methyl/N-ethyl adjacent to an activating group) is 1. The van der Waals surface area contributed by atoms with Crippen LogP contribution in [-0.4, -0.2) is 35.3 Å². The number of hydrogen-bond donors (Lipinski definition) is 0. The van der Waals surface area contributed by atoms with Gasteiger partial charge in [0.1, 0.15) is 0 Å². The Hall–Kier alpha value is -1.61. The van der Waals surface area contributed by atoms with Crippen LogP contribution in [0, 0.1) is 13.8 Å². The van der Waals surface area contributed by atoms with E-state index < -0.39 is 0 Å². The normalized spacial score (nSPS) is 11.3. The monoisotopic (exact) mass is 257 g/mol. The van der Waals surface area contributed by atoms with E-state index in [0.29, 0.717) is 0 Å². The van der Waals surface area contributed by atoms with Crippen LogP contribution >= 0.6 is 0 Å². The molecule has 0 aliphatic carbocycles. The molecule has 0 radical (unpaired) electrons. The summed E-state index contributed by atoms with van der Waals surface area (Å²) in [5, 5.41) is 4.29. The van der Waals surface area contributed by atoms with Crippen LogP contribution < -0.4 is 0 Å². The van der Waals surface area contributed by atoms with Crippen LogP contribution in [0.2, 0.25) is 0 Å². The van der Waals surface area contributed by atoms with E-state index in [9.17, 15) is 0 Å². The fourth-order valence-electron chi connectivity index (χ4n) is 2.50. The van der Waals surface area contributed by atoms with Gasteiger partial charge in [-0.1, -0.05) is 12.1 Å². The molecule has 102 valence electrons. The summed E-state index contributed by atoms with van der Waals surface area (Å²) >= 11 is 0. The van der Waals surface area contributed by atoms with Crippen molar-refractivity contribution in [3.05, 3.63) is 41.2 Å². The van der Waals surface area contributed by atoms with Crippen molar-refractivity contribution in [3.8, 4) is 11.1 Å². The lowest BCUT2D eigenvalue weighted by molar-refractivity contribution is 0.413. The molecule has 0 saturated carbocycles. The van der Waals surface area contributed by atoms with Gasteiger partial charge in [-0.05, 0) is 56.6 Å². The Kier molecular flexibility index (Phi) is 4.05. The lowest BCUT2D eigenvalue weighted by atomic mass is 9.92. The standard InChI is InChI=1S/C16H23N3/c1-12-6-7-14(8-9-18(3)4)13(2)16(12)15-10-17-19(5)11-15/h6-7,10-11H,8-9H2,1-5H3. The second-order valence-corrected chi connectivity index (χ2v) is 5.50. The molecule has 0 bridgehead atoms. The van der Waals surface area contributed by atoms with Crippen LogP contribution in [0.25, 0.3) is 11.1 Å². The summed E-state index contributed by atoms with van der Waals surface area (Å²) in [5.74, 6) is 0. The van der Waals surface area contributed by atoms with E-state index in [-0.39, 0.29) is 0 Å². The minimum atomic E-state index is 1.08. The van der Waals surface area contributed by atoms with Crippen molar-refractivity contribution in [3.63, 3.8) is 0 Å². The largest absolute Gasteiger partial charge is 0.309 e. The highest BCUT2D eigenvalue weighted by Gasteiger charge is 2.11. The smallest absolute Gasteiger partial charge is 0.0568 e. The van der Waals surface area contributed by atoms with Crippen molar-refractivity contribution < 1.29 is 0 Å². The van der Waals surface area contributed by atoms with Gasteiger partial charge in [0.25, 0.3) is 0 Å². The van der Waals surface area contributed by atoms with Crippen LogP contribution in [-0.2, 0) is 13.5 Å². The fraction of sp³-hybridized carbons (Fsp3) is 0.438. The second-order valence-electron chi connectivity index (χ2n) is 5.50. The molecule has 0 unspecified atom stereocenters. The molecular formula is C16H23N3. The molecule has 0 spiro atoms. The molecule has 0 amide bonds. The van der Waals surface area contributed by atoms with Gasteiger partial charge < -0.3 is 4.90 Å². The summed E-state index contributed by atoms with van der Waals surface area (Å²) in [4.78, 5) is 2.23. The molecule has 1 aromatic carbocycles. The maximum atomic E-state index is 4.29. The van der Waals surface area contributed by atoms with Gasteiger partial charge in [0.15, 0.2) is 0 Å². The summed E-state index contributed by atoms with van der Waals surface area (Å²) in [7, 11) is 6.20. The number of aryl methyl sites for hydroxylation is 2. The Labute approximate surface area is 115 Å². The zero-order valence-corrected chi connectivity index (χ0v) is 12.6. The van der Waals surface area contributed by atoms with E-state index in [1.54, 1.807) is 0 Å². The number of nitrogens with zero attached hydrogens (tertiary/aromatic N) is 3. The van der Waals surface area contributed by atoms with Crippen molar-refractivity contribution >= 4 is 0 Å². The molecule has 19 heavy (non-hydrogen) atoms. The van der Waals surface area contributed by atoms with E-state index in [4.69, 9.17) is 0 Å². The topological polar surface area (TPSA) is 21.1 Å². The van der Waals surface area contributed by atoms with Gasteiger partial charge in [-0.15, -0.1) is 0 Å². The Morgan fingerprint density at radius 1 is 1.21 bits per heavy atom. The minimum Gasteiger partial charge on any atom is -0.309 e. The predicted octanol–water partition coefficient (Wildman–Crippen LogP) is 2.81. The molecule has 0 N–H and O–H groups in total. The lowest BCUT2D eigenvalue weighted by Gasteiger charge is -2.15. The van der Waals surface area contributed by atoms with E-state index >= 15 is 0 Å². The van der Waals surface area contributed by atoms with Gasteiger partial charge in [-0.2, -0.15) is 5.10 Å². The first kappa shape index (κ1) is 13.8. The first-order valence-corrected chi connectivity index (χ1v) is 6.72. The average molecular weight is 257 g/mol. The highest BCUT2D eigenvalue weighted by molar-refractivity contribution is 5.71. The van der Waals surface area contributed by atoms with Crippen molar-refractivity contribution in [2.45, 2.75) is 20.3 Å². The van der Waals surface area contributed by atoms with Crippen molar-refractivity contribution in [1.29, 1.82) is 0 Å². The number of rotatable bonds is 4. The predicted molar refractivity (Wildman–Crippen MR) is 80.4 cm³/mol. The molecule has 2 rings (SSSR count). The van der Waals surface area contributed by atoms with Gasteiger partial charge in [-0.3, -0.25) is 4.68 Å². The maximum Gasteiger partial charge on any atom is 0.0568 e. The molecule has 3 heteroatoms. The van der Waals surface area contributed by atoms with Crippen LogP contribution in [0.3, 0.4) is 0 Å².